The van der Waals surface area contributed by atoms with Crippen LogP contribution >= 0.6 is 0 Å². The standard InChI is InChI=1S/C16H27NO/c1-5-7-9-13-11-15(17(3)4)12-14(16(13)18)10-8-6-2/h11-12,18H,5-10H2,1-4H3. The van der Waals surface area contributed by atoms with E-state index < -0.39 is 0 Å². The number of hydrogen-bond acceptors (Lipinski definition) is 2. The molecule has 0 amide bonds. The van der Waals surface area contributed by atoms with Gasteiger partial charge in [0, 0.05) is 19.8 Å². The fraction of sp³-hybridized carbons (Fsp3) is 0.625. The van der Waals surface area contributed by atoms with E-state index in [4.69, 9.17) is 0 Å². The fourth-order valence-electron chi connectivity index (χ4n) is 2.12. The maximum atomic E-state index is 10.3. The molecule has 0 spiro atoms. The van der Waals surface area contributed by atoms with Gasteiger partial charge in [-0.1, -0.05) is 26.7 Å². The fourth-order valence-corrected chi connectivity index (χ4v) is 2.12. The molecule has 0 aromatic heterocycles. The minimum absolute atomic E-state index is 0.530. The molecule has 1 aromatic carbocycles. The molecule has 0 saturated heterocycles. The number of phenols is 1. The van der Waals surface area contributed by atoms with Crippen LogP contribution in [0.4, 0.5) is 5.69 Å². The Morgan fingerprint density at radius 3 is 1.72 bits per heavy atom. The quantitative estimate of drug-likeness (QED) is 0.785. The molecular weight excluding hydrogens is 222 g/mol. The molecule has 0 fully saturated rings. The van der Waals surface area contributed by atoms with Crippen molar-refractivity contribution in [1.82, 2.24) is 0 Å². The topological polar surface area (TPSA) is 23.5 Å². The molecule has 2 nitrogen and oxygen atoms in total. The van der Waals surface area contributed by atoms with Gasteiger partial charge in [0.2, 0.25) is 0 Å². The van der Waals surface area contributed by atoms with Crippen molar-refractivity contribution in [1.29, 1.82) is 0 Å². The van der Waals surface area contributed by atoms with Gasteiger partial charge in [-0.05, 0) is 48.9 Å². The van der Waals surface area contributed by atoms with Crippen molar-refractivity contribution in [2.75, 3.05) is 19.0 Å². The monoisotopic (exact) mass is 249 g/mol. The lowest BCUT2D eigenvalue weighted by molar-refractivity contribution is 0.458. The Bertz CT molecular complexity index is 342. The molecule has 0 radical (unpaired) electrons. The molecule has 0 unspecified atom stereocenters. The second-order valence-corrected chi connectivity index (χ2v) is 5.21. The van der Waals surface area contributed by atoms with E-state index in [1.54, 1.807) is 0 Å². The summed E-state index contributed by atoms with van der Waals surface area (Å²) in [6.45, 7) is 4.37. The smallest absolute Gasteiger partial charge is 0.122 e. The summed E-state index contributed by atoms with van der Waals surface area (Å²) in [4.78, 5) is 2.12. The first kappa shape index (κ1) is 14.9. The molecule has 102 valence electrons. The lowest BCUT2D eigenvalue weighted by Gasteiger charge is -2.18. The Morgan fingerprint density at radius 2 is 1.39 bits per heavy atom. The molecule has 0 saturated carbocycles. The van der Waals surface area contributed by atoms with Gasteiger partial charge in [0.1, 0.15) is 5.75 Å². The maximum absolute atomic E-state index is 10.3. The predicted octanol–water partition coefficient (Wildman–Crippen LogP) is 4.14. The highest BCUT2D eigenvalue weighted by atomic mass is 16.3. The minimum atomic E-state index is 0.530. The van der Waals surface area contributed by atoms with Gasteiger partial charge in [0.05, 0.1) is 0 Å². The summed E-state index contributed by atoms with van der Waals surface area (Å²) in [5.41, 5.74) is 3.41. The van der Waals surface area contributed by atoms with Gasteiger partial charge in [-0.25, -0.2) is 0 Å². The lowest BCUT2D eigenvalue weighted by atomic mass is 9.99. The number of unbranched alkanes of at least 4 members (excludes halogenated alkanes) is 2. The summed E-state index contributed by atoms with van der Waals surface area (Å²) in [7, 11) is 4.11. The van der Waals surface area contributed by atoms with Crippen LogP contribution in [0, 0.1) is 0 Å². The summed E-state index contributed by atoms with van der Waals surface area (Å²) in [5.74, 6) is 0.530. The van der Waals surface area contributed by atoms with E-state index in [1.165, 1.54) is 5.69 Å². The largest absolute Gasteiger partial charge is 0.507 e. The van der Waals surface area contributed by atoms with Crippen molar-refractivity contribution in [3.05, 3.63) is 23.3 Å². The highest BCUT2D eigenvalue weighted by Crippen LogP contribution is 2.30. The van der Waals surface area contributed by atoms with E-state index in [-0.39, 0.29) is 0 Å². The van der Waals surface area contributed by atoms with E-state index >= 15 is 0 Å². The van der Waals surface area contributed by atoms with Gasteiger partial charge >= 0.3 is 0 Å². The third kappa shape index (κ3) is 3.94. The predicted molar refractivity (Wildman–Crippen MR) is 79.7 cm³/mol. The number of benzene rings is 1. The van der Waals surface area contributed by atoms with Crippen molar-refractivity contribution in [2.24, 2.45) is 0 Å². The van der Waals surface area contributed by atoms with Crippen molar-refractivity contribution in [3.8, 4) is 5.75 Å². The van der Waals surface area contributed by atoms with Crippen molar-refractivity contribution >= 4 is 5.69 Å². The van der Waals surface area contributed by atoms with Gasteiger partial charge in [0.25, 0.3) is 0 Å². The summed E-state index contributed by atoms with van der Waals surface area (Å²) in [6.07, 6.45) is 6.55. The Kier molecular flexibility index (Phi) is 6.03. The number of aryl methyl sites for hydroxylation is 2. The molecule has 0 aliphatic rings. The first-order chi connectivity index (χ1) is 8.60. The van der Waals surface area contributed by atoms with Crippen LogP contribution in [0.15, 0.2) is 12.1 Å². The van der Waals surface area contributed by atoms with Crippen LogP contribution < -0.4 is 4.90 Å². The highest BCUT2D eigenvalue weighted by Gasteiger charge is 2.10. The Balaban J connectivity index is 3.03. The van der Waals surface area contributed by atoms with Gasteiger partial charge < -0.3 is 10.0 Å². The molecule has 0 aliphatic heterocycles. The zero-order chi connectivity index (χ0) is 13.5. The molecule has 2 heteroatoms. The van der Waals surface area contributed by atoms with Crippen LogP contribution in [-0.2, 0) is 12.8 Å². The molecule has 0 heterocycles. The van der Waals surface area contributed by atoms with Crippen LogP contribution in [0.5, 0.6) is 5.75 Å². The van der Waals surface area contributed by atoms with Gasteiger partial charge in [-0.3, -0.25) is 0 Å². The molecule has 1 N–H and O–H groups in total. The lowest BCUT2D eigenvalue weighted by Crippen LogP contribution is -2.10. The first-order valence-corrected chi connectivity index (χ1v) is 7.12. The number of phenolic OH excluding ortho intramolecular Hbond substituents is 1. The molecule has 0 atom stereocenters. The molecular formula is C16H27NO. The van der Waals surface area contributed by atoms with E-state index in [0.29, 0.717) is 5.75 Å². The van der Waals surface area contributed by atoms with Crippen molar-refractivity contribution in [3.63, 3.8) is 0 Å². The van der Waals surface area contributed by atoms with Crippen LogP contribution in [0.25, 0.3) is 0 Å². The third-order valence-electron chi connectivity index (χ3n) is 3.37. The first-order valence-electron chi connectivity index (χ1n) is 7.12. The van der Waals surface area contributed by atoms with Gasteiger partial charge in [-0.2, -0.15) is 0 Å². The Hall–Kier alpha value is -1.18. The van der Waals surface area contributed by atoms with E-state index in [9.17, 15) is 5.11 Å². The molecule has 0 aliphatic carbocycles. The number of nitrogens with zero attached hydrogens (tertiary/aromatic N) is 1. The van der Waals surface area contributed by atoms with Gasteiger partial charge in [0.15, 0.2) is 0 Å². The average molecular weight is 249 g/mol. The number of hydrogen-bond donors (Lipinski definition) is 1. The normalized spacial score (nSPS) is 10.7. The highest BCUT2D eigenvalue weighted by molar-refractivity contribution is 5.56. The van der Waals surface area contributed by atoms with Crippen molar-refractivity contribution in [2.45, 2.75) is 52.4 Å². The summed E-state index contributed by atoms with van der Waals surface area (Å²) < 4.78 is 0. The molecule has 18 heavy (non-hydrogen) atoms. The third-order valence-corrected chi connectivity index (χ3v) is 3.37. The van der Waals surface area contributed by atoms with E-state index in [2.05, 4.69) is 45.0 Å². The number of anilines is 1. The van der Waals surface area contributed by atoms with Gasteiger partial charge in [-0.15, -0.1) is 0 Å². The van der Waals surface area contributed by atoms with E-state index in [1.807, 2.05) is 0 Å². The maximum Gasteiger partial charge on any atom is 0.122 e. The molecule has 1 rings (SSSR count). The molecule has 1 aromatic rings. The van der Waals surface area contributed by atoms with Crippen LogP contribution in [0.2, 0.25) is 0 Å². The SMILES string of the molecule is CCCCc1cc(N(C)C)cc(CCCC)c1O. The van der Waals surface area contributed by atoms with Crippen LogP contribution in [0.3, 0.4) is 0 Å². The number of rotatable bonds is 7. The zero-order valence-electron chi connectivity index (χ0n) is 12.3. The second kappa shape index (κ2) is 7.30. The average Bonchev–Trinajstić information content (AvgIpc) is 2.35. The Morgan fingerprint density at radius 1 is 0.944 bits per heavy atom. The number of aromatic hydroxyl groups is 1. The second-order valence-electron chi connectivity index (χ2n) is 5.21. The zero-order valence-corrected chi connectivity index (χ0v) is 12.3. The molecule has 0 bridgehead atoms. The van der Waals surface area contributed by atoms with Crippen LogP contribution in [0.1, 0.15) is 50.7 Å². The van der Waals surface area contributed by atoms with Crippen LogP contribution in [-0.4, -0.2) is 19.2 Å². The minimum Gasteiger partial charge on any atom is -0.507 e. The van der Waals surface area contributed by atoms with E-state index in [0.717, 1.165) is 49.7 Å². The summed E-state index contributed by atoms with van der Waals surface area (Å²) in [6, 6.07) is 4.25. The van der Waals surface area contributed by atoms with Crippen molar-refractivity contribution < 1.29 is 5.11 Å². The summed E-state index contributed by atoms with van der Waals surface area (Å²) in [5, 5.41) is 10.3. The Labute approximate surface area is 112 Å². The summed E-state index contributed by atoms with van der Waals surface area (Å²) >= 11 is 0.